The van der Waals surface area contributed by atoms with Crippen LogP contribution in [0.15, 0.2) is 24.3 Å². The van der Waals surface area contributed by atoms with Gasteiger partial charge in [0, 0.05) is 12.3 Å². The van der Waals surface area contributed by atoms with E-state index in [1.807, 2.05) is 18.2 Å². The van der Waals surface area contributed by atoms with E-state index >= 15 is 0 Å². The molecule has 84 valence electrons. The molecule has 2 aromatic rings. The third kappa shape index (κ3) is 1.84. The largest absolute Gasteiger partial charge is 0.390 e. The van der Waals surface area contributed by atoms with E-state index in [4.69, 9.17) is 4.74 Å². The average molecular weight is 235 g/mol. The number of para-hydroxylation sites is 1. The third-order valence-corrected chi connectivity index (χ3v) is 4.00. The topological polar surface area (TPSA) is 42.4 Å². The second kappa shape index (κ2) is 4.13. The average Bonchev–Trinajstić information content (AvgIpc) is 2.85. The first kappa shape index (κ1) is 10.2. The van der Waals surface area contributed by atoms with Crippen molar-refractivity contribution in [2.24, 2.45) is 5.92 Å². The van der Waals surface area contributed by atoms with Gasteiger partial charge in [0.2, 0.25) is 0 Å². The fourth-order valence-corrected chi connectivity index (χ4v) is 3.07. The second-order valence-corrected chi connectivity index (χ2v) is 5.26. The fourth-order valence-electron chi connectivity index (χ4n) is 2.01. The molecule has 1 aromatic heterocycles. The van der Waals surface area contributed by atoms with Gasteiger partial charge in [-0.3, -0.25) is 0 Å². The van der Waals surface area contributed by atoms with Gasteiger partial charge in [0.05, 0.1) is 34.5 Å². The van der Waals surface area contributed by atoms with E-state index in [1.54, 1.807) is 11.3 Å². The van der Waals surface area contributed by atoms with Crippen molar-refractivity contribution in [3.63, 3.8) is 0 Å². The Morgan fingerprint density at radius 3 is 3.00 bits per heavy atom. The van der Waals surface area contributed by atoms with Gasteiger partial charge in [-0.15, -0.1) is 11.3 Å². The molecule has 3 nitrogen and oxygen atoms in total. The van der Waals surface area contributed by atoms with Crippen molar-refractivity contribution in [2.45, 2.75) is 12.5 Å². The summed E-state index contributed by atoms with van der Waals surface area (Å²) >= 11 is 1.71. The molecular weight excluding hydrogens is 222 g/mol. The van der Waals surface area contributed by atoms with Crippen LogP contribution in [0.5, 0.6) is 0 Å². The lowest BCUT2D eigenvalue weighted by Crippen LogP contribution is -2.19. The first-order valence-electron chi connectivity index (χ1n) is 5.43. The number of nitrogens with zero attached hydrogens (tertiary/aromatic N) is 1. The number of aliphatic hydroxyl groups excluding tert-OH is 1. The summed E-state index contributed by atoms with van der Waals surface area (Å²) in [6.07, 6.45) is 0.493. The van der Waals surface area contributed by atoms with Crippen LogP contribution in [0.25, 0.3) is 10.2 Å². The van der Waals surface area contributed by atoms with Crippen molar-refractivity contribution >= 4 is 21.6 Å². The van der Waals surface area contributed by atoms with Gasteiger partial charge in [-0.1, -0.05) is 12.1 Å². The van der Waals surface area contributed by atoms with E-state index in [1.165, 1.54) is 4.70 Å². The number of fused-ring (bicyclic) bond motifs is 1. The SMILES string of the molecule is O[C@H]1COC[C@@H]1Cc1nc2ccccc2s1. The molecule has 1 N–H and O–H groups in total. The lowest BCUT2D eigenvalue weighted by molar-refractivity contribution is 0.118. The lowest BCUT2D eigenvalue weighted by Gasteiger charge is -2.08. The Morgan fingerprint density at radius 2 is 2.25 bits per heavy atom. The molecule has 1 aromatic carbocycles. The Balaban J connectivity index is 1.83. The third-order valence-electron chi connectivity index (χ3n) is 2.94. The number of hydrogen-bond donors (Lipinski definition) is 1. The van der Waals surface area contributed by atoms with Crippen LogP contribution in [0.1, 0.15) is 5.01 Å². The minimum absolute atomic E-state index is 0.209. The van der Waals surface area contributed by atoms with Gasteiger partial charge in [0.15, 0.2) is 0 Å². The maximum Gasteiger partial charge on any atom is 0.0943 e. The molecule has 0 unspecified atom stereocenters. The predicted molar refractivity (Wildman–Crippen MR) is 63.6 cm³/mol. The van der Waals surface area contributed by atoms with E-state index in [0.29, 0.717) is 13.2 Å². The zero-order valence-corrected chi connectivity index (χ0v) is 9.61. The highest BCUT2D eigenvalue weighted by atomic mass is 32.1. The first-order chi connectivity index (χ1) is 7.83. The Bertz CT molecular complexity index is 463. The minimum atomic E-state index is -0.327. The number of thiazole rings is 1. The van der Waals surface area contributed by atoms with E-state index in [9.17, 15) is 5.11 Å². The molecule has 0 saturated carbocycles. The Morgan fingerprint density at radius 1 is 1.38 bits per heavy atom. The molecule has 1 saturated heterocycles. The van der Waals surface area contributed by atoms with Crippen molar-refractivity contribution in [1.29, 1.82) is 0 Å². The molecular formula is C12H13NO2S. The molecule has 1 fully saturated rings. The van der Waals surface area contributed by atoms with E-state index in [0.717, 1.165) is 16.9 Å². The van der Waals surface area contributed by atoms with Gasteiger partial charge in [-0.25, -0.2) is 4.98 Å². The van der Waals surface area contributed by atoms with E-state index in [2.05, 4.69) is 11.1 Å². The molecule has 0 aliphatic carbocycles. The highest BCUT2D eigenvalue weighted by Gasteiger charge is 2.27. The molecule has 4 heteroatoms. The van der Waals surface area contributed by atoms with Crippen molar-refractivity contribution in [1.82, 2.24) is 4.98 Å². The lowest BCUT2D eigenvalue weighted by atomic mass is 10.0. The molecule has 0 radical (unpaired) electrons. The van der Waals surface area contributed by atoms with E-state index < -0.39 is 0 Å². The van der Waals surface area contributed by atoms with Crippen LogP contribution < -0.4 is 0 Å². The van der Waals surface area contributed by atoms with Crippen LogP contribution in [-0.2, 0) is 11.2 Å². The first-order valence-corrected chi connectivity index (χ1v) is 6.25. The minimum Gasteiger partial charge on any atom is -0.390 e. The zero-order valence-electron chi connectivity index (χ0n) is 8.80. The number of aromatic nitrogens is 1. The van der Waals surface area contributed by atoms with Crippen LogP contribution in [0.2, 0.25) is 0 Å². The summed E-state index contributed by atoms with van der Waals surface area (Å²) < 4.78 is 6.46. The zero-order chi connectivity index (χ0) is 11.0. The molecule has 0 bridgehead atoms. The Labute approximate surface area is 97.7 Å². The highest BCUT2D eigenvalue weighted by Crippen LogP contribution is 2.26. The summed E-state index contributed by atoms with van der Waals surface area (Å²) in [7, 11) is 0. The quantitative estimate of drug-likeness (QED) is 0.863. The van der Waals surface area contributed by atoms with Gasteiger partial charge >= 0.3 is 0 Å². The van der Waals surface area contributed by atoms with Crippen LogP contribution >= 0.6 is 11.3 Å². The highest BCUT2D eigenvalue weighted by molar-refractivity contribution is 7.18. The van der Waals surface area contributed by atoms with Crippen LogP contribution in [0.4, 0.5) is 0 Å². The summed E-state index contributed by atoms with van der Waals surface area (Å²) in [4.78, 5) is 4.56. The van der Waals surface area contributed by atoms with Crippen LogP contribution in [0, 0.1) is 5.92 Å². The summed E-state index contributed by atoms with van der Waals surface area (Å²) in [6.45, 7) is 1.12. The smallest absolute Gasteiger partial charge is 0.0943 e. The summed E-state index contributed by atoms with van der Waals surface area (Å²) in [5.41, 5.74) is 1.05. The van der Waals surface area contributed by atoms with Gasteiger partial charge in [-0.2, -0.15) is 0 Å². The monoisotopic (exact) mass is 235 g/mol. The number of aliphatic hydroxyl groups is 1. The Kier molecular flexibility index (Phi) is 2.63. The molecule has 1 aliphatic heterocycles. The summed E-state index contributed by atoms with van der Waals surface area (Å²) in [5, 5.41) is 10.8. The van der Waals surface area contributed by atoms with Crippen molar-refractivity contribution in [3.8, 4) is 0 Å². The van der Waals surface area contributed by atoms with Gasteiger partial charge in [-0.05, 0) is 12.1 Å². The summed E-state index contributed by atoms with van der Waals surface area (Å²) in [6, 6.07) is 8.13. The molecule has 0 spiro atoms. The molecule has 2 heterocycles. The molecule has 16 heavy (non-hydrogen) atoms. The maximum atomic E-state index is 9.68. The Hall–Kier alpha value is -0.970. The van der Waals surface area contributed by atoms with Gasteiger partial charge in [0.25, 0.3) is 0 Å². The van der Waals surface area contributed by atoms with Crippen molar-refractivity contribution < 1.29 is 9.84 Å². The van der Waals surface area contributed by atoms with E-state index in [-0.39, 0.29) is 12.0 Å². The molecule has 0 amide bonds. The normalized spacial score (nSPS) is 25.3. The number of rotatable bonds is 2. The molecule has 1 aliphatic rings. The maximum absolute atomic E-state index is 9.68. The molecule has 2 atom stereocenters. The number of benzene rings is 1. The van der Waals surface area contributed by atoms with Crippen LogP contribution in [-0.4, -0.2) is 29.4 Å². The van der Waals surface area contributed by atoms with Gasteiger partial charge < -0.3 is 9.84 Å². The van der Waals surface area contributed by atoms with Crippen LogP contribution in [0.3, 0.4) is 0 Å². The van der Waals surface area contributed by atoms with Crippen molar-refractivity contribution in [2.75, 3.05) is 13.2 Å². The fraction of sp³-hybridized carbons (Fsp3) is 0.417. The molecule has 3 rings (SSSR count). The number of hydrogen-bond acceptors (Lipinski definition) is 4. The summed E-state index contributed by atoms with van der Waals surface area (Å²) in [5.74, 6) is 0.209. The number of ether oxygens (including phenoxy) is 1. The van der Waals surface area contributed by atoms with Gasteiger partial charge in [0.1, 0.15) is 0 Å². The predicted octanol–water partition coefficient (Wildman–Crippen LogP) is 1.85. The second-order valence-electron chi connectivity index (χ2n) is 4.14. The van der Waals surface area contributed by atoms with Crippen molar-refractivity contribution in [3.05, 3.63) is 29.3 Å². The standard InChI is InChI=1S/C12H13NO2S/c14-10-7-15-6-8(10)5-12-13-9-3-1-2-4-11(9)16-12/h1-4,8,10,14H,5-7H2/t8-,10-/m0/s1.